The molecule has 1 atom stereocenters. The van der Waals surface area contributed by atoms with Crippen LogP contribution in [-0.2, 0) is 0 Å². The van der Waals surface area contributed by atoms with Gasteiger partial charge in [-0.25, -0.2) is 0 Å². The van der Waals surface area contributed by atoms with Gasteiger partial charge in [-0.05, 0) is 12.1 Å². The summed E-state index contributed by atoms with van der Waals surface area (Å²) in [4.78, 5) is 8.99. The van der Waals surface area contributed by atoms with E-state index in [2.05, 4.69) is 15.3 Å². The third-order valence-corrected chi connectivity index (χ3v) is 3.44. The van der Waals surface area contributed by atoms with E-state index in [1.165, 1.54) is 0 Å². The average molecular weight is 301 g/mol. The van der Waals surface area contributed by atoms with Crippen molar-refractivity contribution in [3.63, 3.8) is 0 Å². The van der Waals surface area contributed by atoms with E-state index in [0.717, 1.165) is 16.6 Å². The maximum atomic E-state index is 8.69. The van der Waals surface area contributed by atoms with Crippen molar-refractivity contribution in [3.05, 3.63) is 42.1 Å². The van der Waals surface area contributed by atoms with E-state index in [1.54, 1.807) is 0 Å². The minimum Gasteiger partial charge on any atom is -0.395 e. The van der Waals surface area contributed by atoms with Crippen LogP contribution >= 0.6 is 0 Å². The zero-order valence-electron chi connectivity index (χ0n) is 12.6. The van der Waals surface area contributed by atoms with Gasteiger partial charge in [0.25, 0.3) is 0 Å². The Morgan fingerprint density at radius 1 is 1.23 bits per heavy atom. The fourth-order valence-corrected chi connectivity index (χ4v) is 2.25. The molecule has 1 aromatic heterocycles. The Morgan fingerprint density at radius 2 is 2.05 bits per heavy atom. The van der Waals surface area contributed by atoms with Crippen molar-refractivity contribution in [2.24, 2.45) is 16.5 Å². The first-order valence-corrected chi connectivity index (χ1v) is 7.43. The lowest BCUT2D eigenvalue weighted by Crippen LogP contribution is -2.30. The molecule has 6 nitrogen and oxygen atoms in total. The number of nitrogens with two attached hydrogens (primary N) is 2. The molecule has 0 fully saturated rings. The molecule has 0 aliphatic rings. The summed E-state index contributed by atoms with van der Waals surface area (Å²) in [5, 5.41) is 12.8. The number of nitrogens with one attached hydrogen (secondary N) is 1. The minimum absolute atomic E-state index is 0.117. The lowest BCUT2D eigenvalue weighted by Gasteiger charge is -2.14. The molecule has 6 heteroatoms. The van der Waals surface area contributed by atoms with Gasteiger partial charge in [0.1, 0.15) is 5.84 Å². The SMILES string of the molecule is NCC(C(N)=NCCNCCO)c1ccc2ccccc2n1. The number of aliphatic imine (C=N–C) groups is 1. The topological polar surface area (TPSA) is 110 Å². The van der Waals surface area contributed by atoms with E-state index < -0.39 is 0 Å². The van der Waals surface area contributed by atoms with Crippen LogP contribution in [0.15, 0.2) is 41.4 Å². The molecule has 0 saturated heterocycles. The van der Waals surface area contributed by atoms with Gasteiger partial charge in [-0.1, -0.05) is 24.3 Å². The van der Waals surface area contributed by atoms with Gasteiger partial charge in [0.15, 0.2) is 0 Å². The summed E-state index contributed by atoms with van der Waals surface area (Å²) in [6.45, 7) is 2.26. The standard InChI is InChI=1S/C16H23N5O/c17-11-13(16(18)20-8-7-19-9-10-22)15-6-5-12-3-1-2-4-14(12)21-15/h1-6,13,19,22H,7-11,17H2,(H2,18,20). The van der Waals surface area contributed by atoms with Crippen LogP contribution in [0, 0.1) is 0 Å². The number of para-hydroxylation sites is 1. The number of aliphatic hydroxyl groups excluding tert-OH is 1. The second-order valence-corrected chi connectivity index (χ2v) is 5.00. The highest BCUT2D eigenvalue weighted by Crippen LogP contribution is 2.17. The molecule has 1 unspecified atom stereocenters. The average Bonchev–Trinajstić information content (AvgIpc) is 2.55. The number of fused-ring (bicyclic) bond motifs is 1. The predicted molar refractivity (Wildman–Crippen MR) is 90.0 cm³/mol. The van der Waals surface area contributed by atoms with Crippen molar-refractivity contribution in [2.45, 2.75) is 5.92 Å². The summed E-state index contributed by atoms with van der Waals surface area (Å²) in [6.07, 6.45) is 0. The van der Waals surface area contributed by atoms with Crippen LogP contribution < -0.4 is 16.8 Å². The van der Waals surface area contributed by atoms with Crippen molar-refractivity contribution >= 4 is 16.7 Å². The molecule has 22 heavy (non-hydrogen) atoms. The fourth-order valence-electron chi connectivity index (χ4n) is 2.25. The number of hydrogen-bond donors (Lipinski definition) is 4. The van der Waals surface area contributed by atoms with Crippen molar-refractivity contribution < 1.29 is 5.11 Å². The van der Waals surface area contributed by atoms with Gasteiger partial charge < -0.3 is 21.9 Å². The second kappa shape index (κ2) is 8.43. The number of pyridine rings is 1. The number of nitrogens with zero attached hydrogens (tertiary/aromatic N) is 2. The first kappa shape index (κ1) is 16.4. The molecule has 2 rings (SSSR count). The fraction of sp³-hybridized carbons (Fsp3) is 0.375. The number of benzene rings is 1. The lowest BCUT2D eigenvalue weighted by molar-refractivity contribution is 0.293. The molecular weight excluding hydrogens is 278 g/mol. The number of rotatable bonds is 8. The molecule has 1 heterocycles. The van der Waals surface area contributed by atoms with Crippen molar-refractivity contribution in [1.29, 1.82) is 0 Å². The van der Waals surface area contributed by atoms with Gasteiger partial charge in [0.2, 0.25) is 0 Å². The highest BCUT2D eigenvalue weighted by atomic mass is 16.3. The molecule has 6 N–H and O–H groups in total. The zero-order valence-corrected chi connectivity index (χ0v) is 12.6. The van der Waals surface area contributed by atoms with Gasteiger partial charge in [0, 0.05) is 25.0 Å². The molecule has 1 aromatic carbocycles. The maximum Gasteiger partial charge on any atom is 0.104 e. The van der Waals surface area contributed by atoms with Gasteiger partial charge in [0.05, 0.1) is 30.3 Å². The number of aromatic nitrogens is 1. The van der Waals surface area contributed by atoms with E-state index in [0.29, 0.717) is 32.0 Å². The lowest BCUT2D eigenvalue weighted by atomic mass is 10.0. The normalized spacial score (nSPS) is 13.5. The van der Waals surface area contributed by atoms with Crippen LogP contribution in [0.3, 0.4) is 0 Å². The summed E-state index contributed by atoms with van der Waals surface area (Å²) in [5.74, 6) is 0.318. The smallest absolute Gasteiger partial charge is 0.104 e. The molecule has 0 saturated carbocycles. The Bertz CT molecular complexity index is 629. The summed E-state index contributed by atoms with van der Waals surface area (Å²) in [5.41, 5.74) is 13.7. The molecule has 0 aliphatic carbocycles. The van der Waals surface area contributed by atoms with Crippen LogP contribution in [0.5, 0.6) is 0 Å². The van der Waals surface area contributed by atoms with E-state index in [-0.39, 0.29) is 12.5 Å². The van der Waals surface area contributed by atoms with E-state index in [9.17, 15) is 0 Å². The molecule has 2 aromatic rings. The van der Waals surface area contributed by atoms with Gasteiger partial charge in [-0.15, -0.1) is 0 Å². The third kappa shape index (κ3) is 4.24. The number of hydrogen-bond acceptors (Lipinski definition) is 5. The zero-order chi connectivity index (χ0) is 15.8. The van der Waals surface area contributed by atoms with Gasteiger partial charge in [-0.2, -0.15) is 0 Å². The highest BCUT2D eigenvalue weighted by Gasteiger charge is 2.15. The largest absolute Gasteiger partial charge is 0.395 e. The van der Waals surface area contributed by atoms with Crippen LogP contribution in [-0.4, -0.2) is 48.7 Å². The highest BCUT2D eigenvalue weighted by molar-refractivity contribution is 5.88. The Kier molecular flexibility index (Phi) is 6.27. The van der Waals surface area contributed by atoms with Crippen molar-refractivity contribution in [2.75, 3.05) is 32.8 Å². The molecule has 0 radical (unpaired) electrons. The molecular formula is C16H23N5O. The number of amidine groups is 1. The first-order valence-electron chi connectivity index (χ1n) is 7.43. The second-order valence-electron chi connectivity index (χ2n) is 5.00. The molecule has 0 spiro atoms. The van der Waals surface area contributed by atoms with E-state index >= 15 is 0 Å². The monoisotopic (exact) mass is 301 g/mol. The molecule has 0 bridgehead atoms. The molecule has 0 amide bonds. The van der Waals surface area contributed by atoms with Crippen molar-refractivity contribution in [1.82, 2.24) is 10.3 Å². The Morgan fingerprint density at radius 3 is 2.82 bits per heavy atom. The maximum absolute atomic E-state index is 8.69. The Hall–Kier alpha value is -2.02. The summed E-state index contributed by atoms with van der Waals surface area (Å²) >= 11 is 0. The van der Waals surface area contributed by atoms with Gasteiger partial charge >= 0.3 is 0 Å². The van der Waals surface area contributed by atoms with Crippen LogP contribution in [0.1, 0.15) is 11.6 Å². The molecule has 0 aliphatic heterocycles. The quantitative estimate of drug-likeness (QED) is 0.317. The summed E-state index contributed by atoms with van der Waals surface area (Å²) in [6, 6.07) is 11.9. The van der Waals surface area contributed by atoms with E-state index in [1.807, 2.05) is 36.4 Å². The van der Waals surface area contributed by atoms with Gasteiger partial charge in [-0.3, -0.25) is 9.98 Å². The Balaban J connectivity index is 2.09. The Labute approximate surface area is 130 Å². The first-order chi connectivity index (χ1) is 10.8. The van der Waals surface area contributed by atoms with Crippen LogP contribution in [0.4, 0.5) is 0 Å². The summed E-state index contributed by atoms with van der Waals surface area (Å²) in [7, 11) is 0. The van der Waals surface area contributed by atoms with Crippen LogP contribution in [0.2, 0.25) is 0 Å². The van der Waals surface area contributed by atoms with Crippen molar-refractivity contribution in [3.8, 4) is 0 Å². The predicted octanol–water partition coefficient (Wildman–Crippen LogP) is 0.216. The molecule has 118 valence electrons. The summed E-state index contributed by atoms with van der Waals surface area (Å²) < 4.78 is 0. The van der Waals surface area contributed by atoms with E-state index in [4.69, 9.17) is 16.6 Å². The number of aliphatic hydroxyl groups is 1. The third-order valence-electron chi connectivity index (χ3n) is 3.44. The van der Waals surface area contributed by atoms with Crippen LogP contribution in [0.25, 0.3) is 10.9 Å². The minimum atomic E-state index is -0.178.